The van der Waals surface area contributed by atoms with Gasteiger partial charge in [0, 0.05) is 12.0 Å². The van der Waals surface area contributed by atoms with Crippen molar-refractivity contribution in [1.29, 1.82) is 0 Å². The summed E-state index contributed by atoms with van der Waals surface area (Å²) in [7, 11) is 0. The fourth-order valence-corrected chi connectivity index (χ4v) is 1.82. The molecule has 0 N–H and O–H groups in total. The van der Waals surface area contributed by atoms with Gasteiger partial charge >= 0.3 is 0 Å². The second-order valence-corrected chi connectivity index (χ2v) is 5.50. The molecule has 0 heterocycles. The number of carbonyl (C=O) groups excluding carboxylic acids is 1. The Morgan fingerprint density at radius 1 is 1.28 bits per heavy atom. The van der Waals surface area contributed by atoms with Crippen molar-refractivity contribution in [3.63, 3.8) is 0 Å². The van der Waals surface area contributed by atoms with E-state index in [1.165, 1.54) is 0 Å². The molecule has 3 heteroatoms. The maximum atomic E-state index is 11.1. The summed E-state index contributed by atoms with van der Waals surface area (Å²) in [5.41, 5.74) is 0.478. The van der Waals surface area contributed by atoms with Crippen molar-refractivity contribution in [3.8, 4) is 5.75 Å². The molecular weight excluding hydrogens is 228 g/mol. The Morgan fingerprint density at radius 2 is 1.89 bits per heavy atom. The highest BCUT2D eigenvalue weighted by Gasteiger charge is 2.23. The highest BCUT2D eigenvalue weighted by molar-refractivity contribution is 5.76. The first kappa shape index (κ1) is 14.7. The number of para-hydroxylation sites is 1. The average Bonchev–Trinajstić information content (AvgIpc) is 2.25. The molecule has 0 saturated heterocycles. The van der Waals surface area contributed by atoms with Crippen LogP contribution < -0.4 is 4.89 Å². The summed E-state index contributed by atoms with van der Waals surface area (Å²) in [5, 5.41) is 0. The lowest BCUT2D eigenvalue weighted by atomic mass is 10.0. The van der Waals surface area contributed by atoms with Crippen LogP contribution in [0.15, 0.2) is 24.3 Å². The van der Waals surface area contributed by atoms with Crippen LogP contribution in [0.1, 0.15) is 52.5 Å². The van der Waals surface area contributed by atoms with Crippen molar-refractivity contribution >= 4 is 5.78 Å². The van der Waals surface area contributed by atoms with Crippen LogP contribution in [0.3, 0.4) is 0 Å². The topological polar surface area (TPSA) is 35.5 Å². The molecule has 0 atom stereocenters. The maximum absolute atomic E-state index is 11.1. The third-order valence-electron chi connectivity index (χ3n) is 2.57. The number of carbonyl (C=O) groups is 1. The van der Waals surface area contributed by atoms with Crippen LogP contribution in [-0.2, 0) is 9.68 Å². The van der Waals surface area contributed by atoms with Gasteiger partial charge in [-0.15, -0.1) is 0 Å². The van der Waals surface area contributed by atoms with Gasteiger partial charge in [0.05, 0.1) is 0 Å². The number of hydrogen-bond acceptors (Lipinski definition) is 3. The molecule has 0 aliphatic heterocycles. The summed E-state index contributed by atoms with van der Waals surface area (Å²) in [4.78, 5) is 21.9. The average molecular weight is 250 g/mol. The zero-order chi connectivity index (χ0) is 13.8. The van der Waals surface area contributed by atoms with E-state index in [9.17, 15) is 4.79 Å². The van der Waals surface area contributed by atoms with Crippen molar-refractivity contribution < 1.29 is 14.6 Å². The van der Waals surface area contributed by atoms with Gasteiger partial charge in [0.1, 0.15) is 11.4 Å². The molecule has 0 amide bonds. The van der Waals surface area contributed by atoms with Crippen molar-refractivity contribution in [1.82, 2.24) is 0 Å². The van der Waals surface area contributed by atoms with Gasteiger partial charge in [-0.3, -0.25) is 4.79 Å². The highest BCUT2D eigenvalue weighted by atomic mass is 17.2. The number of ketones is 1. The summed E-state index contributed by atoms with van der Waals surface area (Å²) in [6.45, 7) is 9.43. The van der Waals surface area contributed by atoms with Gasteiger partial charge in [0.15, 0.2) is 5.75 Å². The Hall–Kier alpha value is -1.35. The van der Waals surface area contributed by atoms with E-state index in [0.717, 1.165) is 5.56 Å². The minimum Gasteiger partial charge on any atom is -0.337 e. The van der Waals surface area contributed by atoms with E-state index in [-0.39, 0.29) is 5.78 Å². The van der Waals surface area contributed by atoms with Gasteiger partial charge < -0.3 is 4.89 Å². The zero-order valence-corrected chi connectivity index (χ0v) is 11.8. The van der Waals surface area contributed by atoms with E-state index < -0.39 is 5.60 Å². The number of benzene rings is 1. The minimum absolute atomic E-state index is 0.0840. The van der Waals surface area contributed by atoms with Crippen LogP contribution in [0.25, 0.3) is 0 Å². The first-order valence-electron chi connectivity index (χ1n) is 6.26. The molecule has 100 valence electrons. The van der Waals surface area contributed by atoms with E-state index >= 15 is 0 Å². The minimum atomic E-state index is -0.615. The molecule has 1 rings (SSSR count). The highest BCUT2D eigenvalue weighted by Crippen LogP contribution is 2.27. The van der Waals surface area contributed by atoms with Gasteiger partial charge in [-0.1, -0.05) is 32.0 Å². The van der Waals surface area contributed by atoms with Crippen molar-refractivity contribution in [2.75, 3.05) is 0 Å². The standard InChI is InChI=1S/C15H22O3/c1-11(2)13-8-6-7-9-14(13)17-18-15(4,5)10-12(3)16/h6-9,11H,10H2,1-5H3. The van der Waals surface area contributed by atoms with Gasteiger partial charge in [-0.05, 0) is 32.8 Å². The van der Waals surface area contributed by atoms with Crippen molar-refractivity contribution in [2.45, 2.75) is 52.6 Å². The molecule has 0 aromatic heterocycles. The van der Waals surface area contributed by atoms with Crippen molar-refractivity contribution in [3.05, 3.63) is 29.8 Å². The molecule has 18 heavy (non-hydrogen) atoms. The molecule has 0 saturated carbocycles. The van der Waals surface area contributed by atoms with Gasteiger partial charge in [-0.25, -0.2) is 0 Å². The lowest BCUT2D eigenvalue weighted by Crippen LogP contribution is -2.29. The Labute approximate surface area is 109 Å². The summed E-state index contributed by atoms with van der Waals surface area (Å²) in [5.74, 6) is 1.16. The Balaban J connectivity index is 2.71. The van der Waals surface area contributed by atoms with Crippen molar-refractivity contribution in [2.24, 2.45) is 0 Å². The van der Waals surface area contributed by atoms with E-state index in [1.54, 1.807) is 6.92 Å². The predicted molar refractivity (Wildman–Crippen MR) is 71.6 cm³/mol. The Kier molecular flexibility index (Phi) is 4.91. The smallest absolute Gasteiger partial charge is 0.168 e. The number of Topliss-reactive ketones (excluding diaryl/α,β-unsaturated/α-hetero) is 1. The first-order chi connectivity index (χ1) is 8.32. The molecule has 0 aliphatic carbocycles. The largest absolute Gasteiger partial charge is 0.337 e. The second kappa shape index (κ2) is 6.01. The van der Waals surface area contributed by atoms with E-state index in [1.807, 2.05) is 38.1 Å². The van der Waals surface area contributed by atoms with Gasteiger partial charge in [0.2, 0.25) is 0 Å². The van der Waals surface area contributed by atoms with Crippen LogP contribution in [-0.4, -0.2) is 11.4 Å². The molecule has 1 aromatic carbocycles. The molecule has 0 fully saturated rings. The maximum Gasteiger partial charge on any atom is 0.168 e. The van der Waals surface area contributed by atoms with Crippen LogP contribution >= 0.6 is 0 Å². The zero-order valence-electron chi connectivity index (χ0n) is 11.8. The normalized spacial score (nSPS) is 11.7. The predicted octanol–water partition coefficient (Wildman–Crippen LogP) is 3.88. The molecule has 0 unspecified atom stereocenters. The fraction of sp³-hybridized carbons (Fsp3) is 0.533. The summed E-state index contributed by atoms with van der Waals surface area (Å²) >= 11 is 0. The lowest BCUT2D eigenvalue weighted by molar-refractivity contribution is -0.280. The third kappa shape index (κ3) is 4.49. The van der Waals surface area contributed by atoms with Crippen LogP contribution in [0.4, 0.5) is 0 Å². The summed E-state index contributed by atoms with van der Waals surface area (Å²) in [6.07, 6.45) is 0.330. The van der Waals surface area contributed by atoms with E-state index in [0.29, 0.717) is 18.1 Å². The molecular formula is C15H22O3. The van der Waals surface area contributed by atoms with Crippen LogP contribution in [0, 0.1) is 0 Å². The number of rotatable bonds is 6. The van der Waals surface area contributed by atoms with Gasteiger partial charge in [-0.2, -0.15) is 4.89 Å². The molecule has 0 radical (unpaired) electrons. The molecule has 0 aliphatic rings. The lowest BCUT2D eigenvalue weighted by Gasteiger charge is -2.23. The van der Waals surface area contributed by atoms with E-state index in [2.05, 4.69) is 13.8 Å². The summed E-state index contributed by atoms with van der Waals surface area (Å²) < 4.78 is 0. The number of hydrogen-bond donors (Lipinski definition) is 0. The molecule has 3 nitrogen and oxygen atoms in total. The molecule has 1 aromatic rings. The van der Waals surface area contributed by atoms with Gasteiger partial charge in [0.25, 0.3) is 0 Å². The molecule has 0 bridgehead atoms. The molecule has 0 spiro atoms. The monoisotopic (exact) mass is 250 g/mol. The fourth-order valence-electron chi connectivity index (χ4n) is 1.82. The first-order valence-corrected chi connectivity index (χ1v) is 6.26. The van der Waals surface area contributed by atoms with Crippen LogP contribution in [0.5, 0.6) is 5.75 Å². The second-order valence-electron chi connectivity index (χ2n) is 5.50. The van der Waals surface area contributed by atoms with E-state index in [4.69, 9.17) is 9.78 Å². The SMILES string of the molecule is CC(=O)CC(C)(C)OOc1ccccc1C(C)C. The Morgan fingerprint density at radius 3 is 2.44 bits per heavy atom. The quantitative estimate of drug-likeness (QED) is 0.567. The third-order valence-corrected chi connectivity index (χ3v) is 2.57. The van der Waals surface area contributed by atoms with Crippen LogP contribution in [0.2, 0.25) is 0 Å². The summed E-state index contributed by atoms with van der Waals surface area (Å²) in [6, 6.07) is 7.77. The Bertz CT molecular complexity index is 408.